The molecule has 0 atom stereocenters. The first-order valence-corrected chi connectivity index (χ1v) is 5.35. The Kier molecular flexibility index (Phi) is 4.72. The molecule has 1 aromatic rings. The maximum atomic E-state index is 11.8. The minimum atomic E-state index is -0.151. The summed E-state index contributed by atoms with van der Waals surface area (Å²) in [4.78, 5) is 15.7. The van der Waals surface area contributed by atoms with Crippen LogP contribution in [0.4, 0.5) is 5.82 Å². The summed E-state index contributed by atoms with van der Waals surface area (Å²) in [7, 11) is 0. The Bertz CT molecular complexity index is 352. The summed E-state index contributed by atoms with van der Waals surface area (Å²) in [5.74, 6) is 6.09. The van der Waals surface area contributed by atoms with Crippen molar-refractivity contribution in [2.45, 2.75) is 20.3 Å². The molecule has 0 aromatic carbocycles. The number of anilines is 1. The van der Waals surface area contributed by atoms with Gasteiger partial charge >= 0.3 is 0 Å². The first kappa shape index (κ1) is 12.4. The van der Waals surface area contributed by atoms with E-state index in [1.54, 1.807) is 18.3 Å². The van der Waals surface area contributed by atoms with Crippen molar-refractivity contribution in [2.75, 3.05) is 12.0 Å². The predicted molar refractivity (Wildman–Crippen MR) is 63.8 cm³/mol. The molecule has 0 spiro atoms. The zero-order valence-corrected chi connectivity index (χ0v) is 9.66. The van der Waals surface area contributed by atoms with Gasteiger partial charge in [0.15, 0.2) is 5.82 Å². The smallest absolute Gasteiger partial charge is 0.255 e. The lowest BCUT2D eigenvalue weighted by Crippen LogP contribution is -2.27. The Balaban J connectivity index is 2.59. The molecule has 0 bridgehead atoms. The molecule has 16 heavy (non-hydrogen) atoms. The summed E-state index contributed by atoms with van der Waals surface area (Å²) in [5.41, 5.74) is 2.87. The summed E-state index contributed by atoms with van der Waals surface area (Å²) >= 11 is 0. The number of carbonyl (C=O) groups is 1. The van der Waals surface area contributed by atoms with Crippen LogP contribution in [0.15, 0.2) is 18.3 Å². The molecular weight excluding hydrogens is 204 g/mol. The number of rotatable bonds is 5. The normalized spacial score (nSPS) is 10.2. The second-order valence-corrected chi connectivity index (χ2v) is 3.98. The number of amides is 1. The number of aromatic nitrogens is 1. The number of hydrogen-bond donors (Lipinski definition) is 3. The number of nitrogens with zero attached hydrogens (tertiary/aromatic N) is 1. The fourth-order valence-corrected chi connectivity index (χ4v) is 1.27. The van der Waals surface area contributed by atoms with E-state index in [1.807, 2.05) is 0 Å². The van der Waals surface area contributed by atoms with Crippen LogP contribution in [0.2, 0.25) is 0 Å². The van der Waals surface area contributed by atoms with Crippen LogP contribution in [0, 0.1) is 5.92 Å². The molecule has 88 valence electrons. The van der Waals surface area contributed by atoms with E-state index in [0.717, 1.165) is 6.42 Å². The molecule has 0 aliphatic rings. The van der Waals surface area contributed by atoms with Crippen LogP contribution in [0.3, 0.4) is 0 Å². The fraction of sp³-hybridized carbons (Fsp3) is 0.455. The highest BCUT2D eigenvalue weighted by Gasteiger charge is 2.10. The molecular formula is C11H18N4O. The van der Waals surface area contributed by atoms with Crippen molar-refractivity contribution in [3.8, 4) is 0 Å². The van der Waals surface area contributed by atoms with Crippen LogP contribution >= 0.6 is 0 Å². The molecule has 1 heterocycles. The molecule has 0 saturated carbocycles. The third kappa shape index (κ3) is 3.51. The lowest BCUT2D eigenvalue weighted by molar-refractivity contribution is 0.0952. The molecule has 1 rings (SSSR count). The van der Waals surface area contributed by atoms with E-state index in [4.69, 9.17) is 5.84 Å². The Morgan fingerprint density at radius 1 is 1.56 bits per heavy atom. The maximum Gasteiger partial charge on any atom is 0.255 e. The first-order valence-electron chi connectivity index (χ1n) is 5.35. The molecule has 4 N–H and O–H groups in total. The first-order chi connectivity index (χ1) is 7.65. The maximum absolute atomic E-state index is 11.8. The quantitative estimate of drug-likeness (QED) is 0.515. The Morgan fingerprint density at radius 2 is 2.31 bits per heavy atom. The van der Waals surface area contributed by atoms with E-state index in [9.17, 15) is 4.79 Å². The Morgan fingerprint density at radius 3 is 2.94 bits per heavy atom. The zero-order chi connectivity index (χ0) is 12.0. The highest BCUT2D eigenvalue weighted by atomic mass is 16.1. The van der Waals surface area contributed by atoms with Gasteiger partial charge in [0.1, 0.15) is 0 Å². The molecule has 0 radical (unpaired) electrons. The van der Waals surface area contributed by atoms with Crippen LogP contribution in [0.1, 0.15) is 30.6 Å². The number of nitrogen functional groups attached to an aromatic ring is 1. The van der Waals surface area contributed by atoms with Crippen molar-refractivity contribution in [3.05, 3.63) is 23.9 Å². The lowest BCUT2D eigenvalue weighted by atomic mass is 10.1. The SMILES string of the molecule is CC(C)CCNC(=O)c1cccnc1NN. The Labute approximate surface area is 95.4 Å². The number of hydrazine groups is 1. The van der Waals surface area contributed by atoms with Gasteiger partial charge in [-0.2, -0.15) is 0 Å². The summed E-state index contributed by atoms with van der Waals surface area (Å²) in [6, 6.07) is 3.39. The second-order valence-electron chi connectivity index (χ2n) is 3.98. The number of nitrogens with two attached hydrogens (primary N) is 1. The van der Waals surface area contributed by atoms with Crippen LogP contribution in [0.25, 0.3) is 0 Å². The standard InChI is InChI=1S/C11H18N4O/c1-8(2)5-7-14-11(16)9-4-3-6-13-10(9)15-12/h3-4,6,8H,5,7,12H2,1-2H3,(H,13,15)(H,14,16). The van der Waals surface area contributed by atoms with E-state index in [-0.39, 0.29) is 5.91 Å². The number of hydrogen-bond acceptors (Lipinski definition) is 4. The van der Waals surface area contributed by atoms with Gasteiger partial charge in [-0.3, -0.25) is 4.79 Å². The van der Waals surface area contributed by atoms with Crippen LogP contribution < -0.4 is 16.6 Å². The molecule has 0 saturated heterocycles. The minimum Gasteiger partial charge on any atom is -0.352 e. The third-order valence-corrected chi connectivity index (χ3v) is 2.20. The topological polar surface area (TPSA) is 80.0 Å². The van der Waals surface area contributed by atoms with Gasteiger partial charge in [-0.15, -0.1) is 0 Å². The molecule has 0 unspecified atom stereocenters. The molecule has 5 nitrogen and oxygen atoms in total. The van der Waals surface area contributed by atoms with Gasteiger partial charge in [-0.05, 0) is 24.5 Å². The molecule has 0 aliphatic carbocycles. The van der Waals surface area contributed by atoms with Crippen molar-refractivity contribution < 1.29 is 4.79 Å². The molecule has 1 amide bonds. The third-order valence-electron chi connectivity index (χ3n) is 2.20. The van der Waals surface area contributed by atoms with Crippen molar-refractivity contribution in [1.29, 1.82) is 0 Å². The Hall–Kier alpha value is -1.62. The largest absolute Gasteiger partial charge is 0.352 e. The van der Waals surface area contributed by atoms with Crippen molar-refractivity contribution in [1.82, 2.24) is 10.3 Å². The van der Waals surface area contributed by atoms with Crippen LogP contribution in [0.5, 0.6) is 0 Å². The summed E-state index contributed by atoms with van der Waals surface area (Å²) in [6.45, 7) is 4.89. The van der Waals surface area contributed by atoms with Crippen molar-refractivity contribution in [2.24, 2.45) is 11.8 Å². The molecule has 1 aromatic heterocycles. The van der Waals surface area contributed by atoms with Crippen molar-refractivity contribution >= 4 is 11.7 Å². The van der Waals surface area contributed by atoms with E-state index in [0.29, 0.717) is 23.8 Å². The molecule has 0 aliphatic heterocycles. The highest BCUT2D eigenvalue weighted by Crippen LogP contribution is 2.09. The van der Waals surface area contributed by atoms with Gasteiger partial charge in [-0.1, -0.05) is 13.8 Å². The van der Waals surface area contributed by atoms with E-state index in [2.05, 4.69) is 29.6 Å². The lowest BCUT2D eigenvalue weighted by Gasteiger charge is -2.09. The van der Waals surface area contributed by atoms with Gasteiger partial charge in [0, 0.05) is 12.7 Å². The molecule has 0 fully saturated rings. The second kappa shape index (κ2) is 6.07. The van der Waals surface area contributed by atoms with Crippen molar-refractivity contribution in [3.63, 3.8) is 0 Å². The van der Waals surface area contributed by atoms with E-state index < -0.39 is 0 Å². The van der Waals surface area contributed by atoms with Crippen LogP contribution in [-0.2, 0) is 0 Å². The average Bonchev–Trinajstić information content (AvgIpc) is 2.28. The van der Waals surface area contributed by atoms with E-state index in [1.165, 1.54) is 0 Å². The minimum absolute atomic E-state index is 0.151. The number of pyridine rings is 1. The highest BCUT2D eigenvalue weighted by molar-refractivity contribution is 5.98. The summed E-state index contributed by atoms with van der Waals surface area (Å²) in [5, 5.41) is 2.83. The fourth-order valence-electron chi connectivity index (χ4n) is 1.27. The predicted octanol–water partition coefficient (Wildman–Crippen LogP) is 1.14. The van der Waals surface area contributed by atoms with Gasteiger partial charge in [0.2, 0.25) is 0 Å². The van der Waals surface area contributed by atoms with Crippen LogP contribution in [-0.4, -0.2) is 17.4 Å². The van der Waals surface area contributed by atoms with E-state index >= 15 is 0 Å². The average molecular weight is 222 g/mol. The summed E-state index contributed by atoms with van der Waals surface area (Å²) < 4.78 is 0. The van der Waals surface area contributed by atoms with Gasteiger partial charge < -0.3 is 10.7 Å². The molecule has 5 heteroatoms. The summed E-state index contributed by atoms with van der Waals surface area (Å²) in [6.07, 6.45) is 2.54. The van der Waals surface area contributed by atoms with Gasteiger partial charge in [0.05, 0.1) is 5.56 Å². The van der Waals surface area contributed by atoms with Gasteiger partial charge in [0.25, 0.3) is 5.91 Å². The number of nitrogens with one attached hydrogen (secondary N) is 2. The monoisotopic (exact) mass is 222 g/mol. The zero-order valence-electron chi connectivity index (χ0n) is 9.66. The number of carbonyl (C=O) groups excluding carboxylic acids is 1. The van der Waals surface area contributed by atoms with Gasteiger partial charge in [-0.25, -0.2) is 10.8 Å².